The molecule has 2 nitrogen and oxygen atoms in total. The molecule has 0 aromatic heterocycles. The standard InChI is InChI=1S/C8H10F2N2/c1-4(11)6-2-5(12)3-7(9)8(6)10/h2-4H,11-12H2,1H3/t4-/m1/s1. The normalized spacial score (nSPS) is 13.0. The lowest BCUT2D eigenvalue weighted by Gasteiger charge is -2.08. The van der Waals surface area contributed by atoms with Crippen molar-refractivity contribution < 1.29 is 8.78 Å². The van der Waals surface area contributed by atoms with Gasteiger partial charge in [0.2, 0.25) is 0 Å². The third kappa shape index (κ3) is 1.53. The van der Waals surface area contributed by atoms with Gasteiger partial charge in [0.15, 0.2) is 11.6 Å². The van der Waals surface area contributed by atoms with Crippen LogP contribution >= 0.6 is 0 Å². The van der Waals surface area contributed by atoms with Crippen LogP contribution in [0.1, 0.15) is 18.5 Å². The van der Waals surface area contributed by atoms with Gasteiger partial charge in [0.25, 0.3) is 0 Å². The van der Waals surface area contributed by atoms with Gasteiger partial charge >= 0.3 is 0 Å². The molecule has 0 spiro atoms. The molecule has 0 saturated carbocycles. The Hall–Kier alpha value is -1.16. The molecule has 0 radical (unpaired) electrons. The van der Waals surface area contributed by atoms with Crippen LogP contribution < -0.4 is 11.5 Å². The Morgan fingerprint density at radius 1 is 1.33 bits per heavy atom. The van der Waals surface area contributed by atoms with E-state index in [2.05, 4.69) is 0 Å². The maximum Gasteiger partial charge on any atom is 0.163 e. The van der Waals surface area contributed by atoms with E-state index < -0.39 is 17.7 Å². The first-order chi connectivity index (χ1) is 5.52. The number of benzene rings is 1. The maximum absolute atomic E-state index is 12.9. The summed E-state index contributed by atoms with van der Waals surface area (Å²) in [5.74, 6) is -1.87. The largest absolute Gasteiger partial charge is 0.399 e. The van der Waals surface area contributed by atoms with Gasteiger partial charge in [-0.1, -0.05) is 0 Å². The van der Waals surface area contributed by atoms with E-state index in [1.165, 1.54) is 6.07 Å². The van der Waals surface area contributed by atoms with Crippen LogP contribution in [0, 0.1) is 11.6 Å². The highest BCUT2D eigenvalue weighted by atomic mass is 19.2. The first-order valence-electron chi connectivity index (χ1n) is 3.52. The zero-order valence-electron chi connectivity index (χ0n) is 6.64. The molecule has 1 aromatic carbocycles. The molecule has 12 heavy (non-hydrogen) atoms. The summed E-state index contributed by atoms with van der Waals surface area (Å²) in [5.41, 5.74) is 11.0. The zero-order chi connectivity index (χ0) is 9.30. The van der Waals surface area contributed by atoms with Gasteiger partial charge < -0.3 is 11.5 Å². The van der Waals surface area contributed by atoms with Crippen molar-refractivity contribution in [3.8, 4) is 0 Å². The highest BCUT2D eigenvalue weighted by Gasteiger charge is 2.12. The molecule has 0 heterocycles. The number of halogens is 2. The van der Waals surface area contributed by atoms with Crippen LogP contribution in [-0.2, 0) is 0 Å². The van der Waals surface area contributed by atoms with Gasteiger partial charge in [0, 0.05) is 17.3 Å². The van der Waals surface area contributed by atoms with Crippen LogP contribution in [0.4, 0.5) is 14.5 Å². The highest BCUT2D eigenvalue weighted by Crippen LogP contribution is 2.20. The lowest BCUT2D eigenvalue weighted by atomic mass is 10.1. The summed E-state index contributed by atoms with van der Waals surface area (Å²) < 4.78 is 25.6. The van der Waals surface area contributed by atoms with Crippen molar-refractivity contribution in [1.29, 1.82) is 0 Å². The summed E-state index contributed by atoms with van der Waals surface area (Å²) in [6.07, 6.45) is 0. The molecule has 0 aliphatic rings. The lowest BCUT2D eigenvalue weighted by Crippen LogP contribution is -2.09. The summed E-state index contributed by atoms with van der Waals surface area (Å²) in [4.78, 5) is 0. The van der Waals surface area contributed by atoms with Gasteiger partial charge in [-0.3, -0.25) is 0 Å². The van der Waals surface area contributed by atoms with Crippen LogP contribution in [0.15, 0.2) is 12.1 Å². The highest BCUT2D eigenvalue weighted by molar-refractivity contribution is 5.43. The number of nitrogens with two attached hydrogens (primary N) is 2. The molecule has 1 aromatic rings. The number of anilines is 1. The summed E-state index contributed by atoms with van der Waals surface area (Å²) in [6, 6.07) is 1.72. The minimum Gasteiger partial charge on any atom is -0.399 e. The molecule has 0 saturated heterocycles. The molecular weight excluding hydrogens is 162 g/mol. The molecular formula is C8H10F2N2. The van der Waals surface area contributed by atoms with Gasteiger partial charge in [-0.05, 0) is 19.1 Å². The van der Waals surface area contributed by atoms with E-state index in [0.29, 0.717) is 0 Å². The molecule has 0 bridgehead atoms. The van der Waals surface area contributed by atoms with Gasteiger partial charge in [-0.25, -0.2) is 8.78 Å². The quantitative estimate of drug-likeness (QED) is 0.631. The predicted octanol–water partition coefficient (Wildman–Crippen LogP) is 1.57. The SMILES string of the molecule is C[C@@H](N)c1cc(N)cc(F)c1F. The van der Waals surface area contributed by atoms with E-state index in [9.17, 15) is 8.78 Å². The average Bonchev–Trinajstić information content (AvgIpc) is 1.96. The Balaban J connectivity index is 3.28. The third-order valence-corrected chi connectivity index (χ3v) is 1.57. The van der Waals surface area contributed by atoms with Crippen molar-refractivity contribution in [1.82, 2.24) is 0 Å². The minimum absolute atomic E-state index is 0.104. The molecule has 4 N–H and O–H groups in total. The second-order valence-corrected chi connectivity index (χ2v) is 2.69. The number of rotatable bonds is 1. The number of nitrogen functional groups attached to an aromatic ring is 1. The molecule has 4 heteroatoms. The fraction of sp³-hybridized carbons (Fsp3) is 0.250. The van der Waals surface area contributed by atoms with Gasteiger partial charge in [0.1, 0.15) is 0 Å². The monoisotopic (exact) mass is 172 g/mol. The molecule has 0 fully saturated rings. The Morgan fingerprint density at radius 2 is 1.92 bits per heavy atom. The molecule has 0 aliphatic carbocycles. The smallest absolute Gasteiger partial charge is 0.163 e. The van der Waals surface area contributed by atoms with Gasteiger partial charge in [-0.15, -0.1) is 0 Å². The van der Waals surface area contributed by atoms with Crippen molar-refractivity contribution in [2.24, 2.45) is 5.73 Å². The fourth-order valence-corrected chi connectivity index (χ4v) is 0.963. The molecule has 0 amide bonds. The first kappa shape index (κ1) is 8.93. The number of hydrogen-bond acceptors (Lipinski definition) is 2. The third-order valence-electron chi connectivity index (χ3n) is 1.57. The van der Waals surface area contributed by atoms with Crippen molar-refractivity contribution in [2.45, 2.75) is 13.0 Å². The van der Waals surface area contributed by atoms with Crippen molar-refractivity contribution in [3.63, 3.8) is 0 Å². The van der Waals surface area contributed by atoms with Gasteiger partial charge in [0.05, 0.1) is 0 Å². The Kier molecular flexibility index (Phi) is 2.28. The summed E-state index contributed by atoms with van der Waals surface area (Å²) in [5, 5.41) is 0. The van der Waals surface area contributed by atoms with E-state index in [-0.39, 0.29) is 11.3 Å². The van der Waals surface area contributed by atoms with Crippen LogP contribution in [0.3, 0.4) is 0 Å². The molecule has 0 aliphatic heterocycles. The Bertz CT molecular complexity index is 297. The molecule has 1 atom stereocenters. The van der Waals surface area contributed by atoms with E-state index in [1.54, 1.807) is 6.92 Å². The lowest BCUT2D eigenvalue weighted by molar-refractivity contribution is 0.493. The second-order valence-electron chi connectivity index (χ2n) is 2.69. The average molecular weight is 172 g/mol. The van der Waals surface area contributed by atoms with E-state index in [4.69, 9.17) is 11.5 Å². The topological polar surface area (TPSA) is 52.0 Å². The van der Waals surface area contributed by atoms with Crippen molar-refractivity contribution >= 4 is 5.69 Å². The molecule has 66 valence electrons. The van der Waals surface area contributed by atoms with Crippen LogP contribution in [-0.4, -0.2) is 0 Å². The van der Waals surface area contributed by atoms with E-state index in [0.717, 1.165) is 6.07 Å². The number of hydrogen-bond donors (Lipinski definition) is 2. The van der Waals surface area contributed by atoms with Crippen LogP contribution in [0.2, 0.25) is 0 Å². The van der Waals surface area contributed by atoms with Gasteiger partial charge in [-0.2, -0.15) is 0 Å². The maximum atomic E-state index is 12.9. The summed E-state index contributed by atoms with van der Waals surface area (Å²) >= 11 is 0. The van der Waals surface area contributed by atoms with E-state index in [1.807, 2.05) is 0 Å². The zero-order valence-corrected chi connectivity index (χ0v) is 6.64. The first-order valence-corrected chi connectivity index (χ1v) is 3.52. The predicted molar refractivity (Wildman–Crippen MR) is 43.4 cm³/mol. The fourth-order valence-electron chi connectivity index (χ4n) is 0.963. The van der Waals surface area contributed by atoms with Crippen LogP contribution in [0.5, 0.6) is 0 Å². The van der Waals surface area contributed by atoms with Crippen molar-refractivity contribution in [2.75, 3.05) is 5.73 Å². The summed E-state index contributed by atoms with van der Waals surface area (Å²) in [6.45, 7) is 1.57. The second kappa shape index (κ2) is 3.06. The van der Waals surface area contributed by atoms with E-state index >= 15 is 0 Å². The summed E-state index contributed by atoms with van der Waals surface area (Å²) in [7, 11) is 0. The molecule has 0 unspecified atom stereocenters. The molecule has 1 rings (SSSR count). The Morgan fingerprint density at radius 3 is 2.42 bits per heavy atom. The Labute approximate surface area is 69.2 Å². The minimum atomic E-state index is -0.956. The van der Waals surface area contributed by atoms with Crippen LogP contribution in [0.25, 0.3) is 0 Å². The van der Waals surface area contributed by atoms with Crippen molar-refractivity contribution in [3.05, 3.63) is 29.3 Å².